The first-order chi connectivity index (χ1) is 11.6. The third kappa shape index (κ3) is 4.61. The van der Waals surface area contributed by atoms with Crippen molar-refractivity contribution in [2.24, 2.45) is 0 Å². The van der Waals surface area contributed by atoms with Gasteiger partial charge >= 0.3 is 5.97 Å². The molecule has 124 valence electrons. The smallest absolute Gasteiger partial charge is 0.307 e. The Kier molecular flexibility index (Phi) is 5.97. The first kappa shape index (κ1) is 17.1. The van der Waals surface area contributed by atoms with Crippen molar-refractivity contribution in [3.05, 3.63) is 53.5 Å². The number of hydrogen-bond acceptors (Lipinski definition) is 6. The molecule has 1 aromatic heterocycles. The van der Waals surface area contributed by atoms with E-state index in [4.69, 9.17) is 14.4 Å². The molecular weight excluding hydrogens is 312 g/mol. The molecule has 24 heavy (non-hydrogen) atoms. The van der Waals surface area contributed by atoms with Crippen LogP contribution in [0.25, 0.3) is 0 Å². The molecule has 1 aromatic carbocycles. The minimum Gasteiger partial charge on any atom is -0.484 e. The van der Waals surface area contributed by atoms with E-state index in [1.54, 1.807) is 30.3 Å². The molecule has 7 heteroatoms. The van der Waals surface area contributed by atoms with Crippen LogP contribution >= 0.6 is 0 Å². The van der Waals surface area contributed by atoms with Crippen LogP contribution in [0.15, 0.2) is 40.8 Å². The van der Waals surface area contributed by atoms with Crippen LogP contribution in [0.3, 0.4) is 0 Å². The minimum atomic E-state index is -0.428. The van der Waals surface area contributed by atoms with E-state index in [0.717, 1.165) is 0 Å². The van der Waals surface area contributed by atoms with Crippen LogP contribution in [-0.4, -0.2) is 25.5 Å². The van der Waals surface area contributed by atoms with Gasteiger partial charge in [0.2, 0.25) is 0 Å². The second-order valence-corrected chi connectivity index (χ2v) is 4.74. The Morgan fingerprint density at radius 2 is 2.04 bits per heavy atom. The van der Waals surface area contributed by atoms with Gasteiger partial charge in [0, 0.05) is 6.54 Å². The van der Waals surface area contributed by atoms with Crippen molar-refractivity contribution in [1.82, 2.24) is 5.32 Å². The molecule has 0 atom stereocenters. The van der Waals surface area contributed by atoms with Gasteiger partial charge < -0.3 is 19.2 Å². The molecule has 1 heterocycles. The van der Waals surface area contributed by atoms with Crippen LogP contribution in [0.2, 0.25) is 0 Å². The summed E-state index contributed by atoms with van der Waals surface area (Å²) in [6.07, 6.45) is 0.0872. The molecular formula is C17H16N2O5. The van der Waals surface area contributed by atoms with Gasteiger partial charge in [-0.3, -0.25) is 9.59 Å². The number of amides is 1. The molecule has 1 N–H and O–H groups in total. The molecule has 0 radical (unpaired) electrons. The van der Waals surface area contributed by atoms with Crippen molar-refractivity contribution in [2.45, 2.75) is 13.0 Å². The summed E-state index contributed by atoms with van der Waals surface area (Å²) in [6.45, 7) is 0.252. The van der Waals surface area contributed by atoms with E-state index in [9.17, 15) is 9.59 Å². The fraction of sp³-hybridized carbons (Fsp3) is 0.235. The number of nitrogens with one attached hydrogen (secondary N) is 1. The fourth-order valence-corrected chi connectivity index (χ4v) is 1.88. The van der Waals surface area contributed by atoms with Crippen LogP contribution in [-0.2, 0) is 16.1 Å². The van der Waals surface area contributed by atoms with Gasteiger partial charge in [-0.15, -0.1) is 0 Å². The summed E-state index contributed by atoms with van der Waals surface area (Å²) in [5.41, 5.74) is 0.421. The number of rotatable bonds is 7. The van der Waals surface area contributed by atoms with Crippen LogP contribution in [0, 0.1) is 11.3 Å². The number of carbonyl (C=O) groups excluding carboxylic acids is 2. The maximum absolute atomic E-state index is 11.9. The number of furan rings is 1. The molecule has 0 unspecified atom stereocenters. The van der Waals surface area contributed by atoms with E-state index < -0.39 is 11.9 Å². The number of benzene rings is 1. The second-order valence-electron chi connectivity index (χ2n) is 4.74. The fourth-order valence-electron chi connectivity index (χ4n) is 1.88. The Labute approximate surface area is 138 Å². The van der Waals surface area contributed by atoms with Gasteiger partial charge in [-0.1, -0.05) is 12.1 Å². The van der Waals surface area contributed by atoms with E-state index in [2.05, 4.69) is 10.1 Å². The molecule has 0 bridgehead atoms. The van der Waals surface area contributed by atoms with Crippen molar-refractivity contribution in [1.29, 1.82) is 5.26 Å². The maximum Gasteiger partial charge on any atom is 0.307 e. The highest BCUT2D eigenvalue weighted by Gasteiger charge is 2.12. The molecule has 0 saturated heterocycles. The highest BCUT2D eigenvalue weighted by Crippen LogP contribution is 2.19. The number of nitrogens with zero attached hydrogens (tertiary/aromatic N) is 1. The standard InChI is InChI=1S/C17H16N2O5/c1-22-16(20)8-9-19-17(21)15-7-6-13(24-15)11-23-14-5-3-2-4-12(14)10-18/h2-7H,8-9,11H2,1H3,(H,19,21). The van der Waals surface area contributed by atoms with Gasteiger partial charge in [-0.05, 0) is 24.3 Å². The van der Waals surface area contributed by atoms with Gasteiger partial charge in [0.1, 0.15) is 24.2 Å². The largest absolute Gasteiger partial charge is 0.484 e. The summed E-state index contributed by atoms with van der Waals surface area (Å²) in [5, 5.41) is 11.5. The van der Waals surface area contributed by atoms with Gasteiger partial charge in [0.15, 0.2) is 5.76 Å². The zero-order valence-electron chi connectivity index (χ0n) is 13.1. The first-order valence-corrected chi connectivity index (χ1v) is 7.19. The normalized spacial score (nSPS) is 9.83. The third-order valence-electron chi connectivity index (χ3n) is 3.11. The van der Waals surface area contributed by atoms with Crippen LogP contribution < -0.4 is 10.1 Å². The first-order valence-electron chi connectivity index (χ1n) is 7.19. The molecule has 2 aromatic rings. The van der Waals surface area contributed by atoms with E-state index in [1.807, 2.05) is 6.07 Å². The van der Waals surface area contributed by atoms with Crippen molar-refractivity contribution in [3.8, 4) is 11.8 Å². The van der Waals surface area contributed by atoms with E-state index in [-0.39, 0.29) is 25.3 Å². The average Bonchev–Trinajstić information content (AvgIpc) is 3.09. The van der Waals surface area contributed by atoms with E-state index in [1.165, 1.54) is 13.2 Å². The topological polar surface area (TPSA) is 102 Å². The Hall–Kier alpha value is -3.27. The third-order valence-corrected chi connectivity index (χ3v) is 3.11. The lowest BCUT2D eigenvalue weighted by atomic mass is 10.2. The molecule has 7 nitrogen and oxygen atoms in total. The SMILES string of the molecule is COC(=O)CCNC(=O)c1ccc(COc2ccccc2C#N)o1. The molecule has 0 spiro atoms. The monoisotopic (exact) mass is 328 g/mol. The second kappa shape index (κ2) is 8.39. The van der Waals surface area contributed by atoms with Crippen molar-refractivity contribution < 1.29 is 23.5 Å². The number of para-hydroxylation sites is 1. The zero-order chi connectivity index (χ0) is 17.4. The summed E-state index contributed by atoms with van der Waals surface area (Å²) < 4.78 is 15.4. The lowest BCUT2D eigenvalue weighted by Crippen LogP contribution is -2.25. The lowest BCUT2D eigenvalue weighted by molar-refractivity contribution is -0.140. The average molecular weight is 328 g/mol. The minimum absolute atomic E-state index is 0.0872. The Bertz CT molecular complexity index is 760. The molecule has 1 amide bonds. The van der Waals surface area contributed by atoms with E-state index >= 15 is 0 Å². The van der Waals surface area contributed by atoms with Gasteiger partial charge in [-0.2, -0.15) is 5.26 Å². The number of esters is 1. The molecule has 0 fully saturated rings. The molecule has 2 rings (SSSR count). The summed E-state index contributed by atoms with van der Waals surface area (Å²) in [7, 11) is 1.29. The summed E-state index contributed by atoms with van der Waals surface area (Å²) >= 11 is 0. The Morgan fingerprint density at radius 3 is 2.79 bits per heavy atom. The summed E-state index contributed by atoms with van der Waals surface area (Å²) in [6, 6.07) is 12.0. The number of carbonyl (C=O) groups is 2. The lowest BCUT2D eigenvalue weighted by Gasteiger charge is -2.05. The number of methoxy groups -OCH3 is 1. The van der Waals surface area contributed by atoms with Crippen LogP contribution in [0.1, 0.15) is 28.3 Å². The van der Waals surface area contributed by atoms with Gasteiger partial charge in [0.25, 0.3) is 5.91 Å². The Balaban J connectivity index is 1.88. The predicted molar refractivity (Wildman–Crippen MR) is 83.2 cm³/mol. The quantitative estimate of drug-likeness (QED) is 0.780. The highest BCUT2D eigenvalue weighted by molar-refractivity contribution is 5.91. The molecule has 0 saturated carbocycles. The predicted octanol–water partition coefficient (Wildman–Crippen LogP) is 2.02. The van der Waals surface area contributed by atoms with Gasteiger partial charge in [0.05, 0.1) is 19.1 Å². The number of ether oxygens (including phenoxy) is 2. The van der Waals surface area contributed by atoms with Crippen LogP contribution in [0.5, 0.6) is 5.75 Å². The zero-order valence-corrected chi connectivity index (χ0v) is 13.1. The molecule has 0 aliphatic rings. The highest BCUT2D eigenvalue weighted by atomic mass is 16.5. The maximum atomic E-state index is 11.9. The van der Waals surface area contributed by atoms with Crippen LogP contribution in [0.4, 0.5) is 0 Å². The summed E-state index contributed by atoms with van der Waals surface area (Å²) in [5.74, 6) is 0.177. The van der Waals surface area contributed by atoms with Crippen molar-refractivity contribution >= 4 is 11.9 Å². The molecule has 0 aliphatic carbocycles. The summed E-state index contributed by atoms with van der Waals surface area (Å²) in [4.78, 5) is 22.8. The van der Waals surface area contributed by atoms with Gasteiger partial charge in [-0.25, -0.2) is 0 Å². The Morgan fingerprint density at radius 1 is 1.25 bits per heavy atom. The number of hydrogen-bond donors (Lipinski definition) is 1. The molecule has 0 aliphatic heterocycles. The number of nitriles is 1. The van der Waals surface area contributed by atoms with Crippen molar-refractivity contribution in [2.75, 3.05) is 13.7 Å². The van der Waals surface area contributed by atoms with Crippen molar-refractivity contribution in [3.63, 3.8) is 0 Å². The van der Waals surface area contributed by atoms with E-state index in [0.29, 0.717) is 17.1 Å².